The molecule has 1 fully saturated rings. The van der Waals surface area contributed by atoms with Crippen LogP contribution in [0.1, 0.15) is 23.8 Å². The van der Waals surface area contributed by atoms with Gasteiger partial charge in [-0.3, -0.25) is 9.48 Å². The summed E-state index contributed by atoms with van der Waals surface area (Å²) >= 11 is 0. The molecule has 7 heteroatoms. The number of carbonyl (C=O) groups is 1. The number of hydrogen-bond donors (Lipinski definition) is 1. The number of β-amino-alcohol motifs (C(OH)–C–C–N with tert-alkyl or cyclic N) is 1. The highest BCUT2D eigenvalue weighted by atomic mass is 19.1. The van der Waals surface area contributed by atoms with E-state index in [1.807, 2.05) is 30.3 Å². The van der Waals surface area contributed by atoms with Gasteiger partial charge in [-0.15, -0.1) is 0 Å². The van der Waals surface area contributed by atoms with Crippen LogP contribution in [-0.4, -0.2) is 50.5 Å². The van der Waals surface area contributed by atoms with E-state index in [-0.39, 0.29) is 24.0 Å². The standard InChI is InChI=1S/C23H24FN3O3/c1-23(29)15-27(13-12-21(23)30-18-6-4-3-5-7-18)22(28)19-14-20(26(2)25-19)16-8-10-17(24)11-9-16/h3-11,14,21,29H,12-13,15H2,1-2H3/t21-,23-/m0/s1. The zero-order valence-electron chi connectivity index (χ0n) is 17.0. The van der Waals surface area contributed by atoms with Crippen LogP contribution in [0.5, 0.6) is 5.75 Å². The molecule has 4 rings (SSSR count). The molecule has 3 aromatic rings. The third-order valence-corrected chi connectivity index (χ3v) is 5.41. The van der Waals surface area contributed by atoms with Crippen molar-refractivity contribution >= 4 is 5.91 Å². The lowest BCUT2D eigenvalue weighted by Gasteiger charge is -2.42. The maximum atomic E-state index is 13.2. The molecular formula is C23H24FN3O3. The van der Waals surface area contributed by atoms with Crippen LogP contribution in [0.2, 0.25) is 0 Å². The molecule has 1 aromatic heterocycles. The summed E-state index contributed by atoms with van der Waals surface area (Å²) in [6.45, 7) is 2.28. The largest absolute Gasteiger partial charge is 0.487 e. The number of aromatic nitrogens is 2. The Labute approximate surface area is 174 Å². The molecule has 0 unspecified atom stereocenters. The number of halogens is 1. The van der Waals surface area contributed by atoms with Crippen molar-refractivity contribution in [1.29, 1.82) is 0 Å². The fourth-order valence-electron chi connectivity index (χ4n) is 3.80. The fourth-order valence-corrected chi connectivity index (χ4v) is 3.80. The van der Waals surface area contributed by atoms with Gasteiger partial charge in [-0.25, -0.2) is 4.39 Å². The fraction of sp³-hybridized carbons (Fsp3) is 0.304. The van der Waals surface area contributed by atoms with Crippen LogP contribution < -0.4 is 4.74 Å². The molecule has 6 nitrogen and oxygen atoms in total. The summed E-state index contributed by atoms with van der Waals surface area (Å²) in [5, 5.41) is 15.3. The predicted octanol–water partition coefficient (Wildman–Crippen LogP) is 3.27. The van der Waals surface area contributed by atoms with Crippen LogP contribution in [0.25, 0.3) is 11.3 Å². The Bertz CT molecular complexity index is 1030. The Morgan fingerprint density at radius 3 is 2.57 bits per heavy atom. The van der Waals surface area contributed by atoms with Crippen LogP contribution >= 0.6 is 0 Å². The van der Waals surface area contributed by atoms with Gasteiger partial charge in [0.25, 0.3) is 5.91 Å². The van der Waals surface area contributed by atoms with Gasteiger partial charge < -0.3 is 14.7 Å². The number of piperidine rings is 1. The summed E-state index contributed by atoms with van der Waals surface area (Å²) in [5.41, 5.74) is 0.577. The number of nitrogens with zero attached hydrogens (tertiary/aromatic N) is 3. The average Bonchev–Trinajstić information content (AvgIpc) is 3.12. The molecule has 0 bridgehead atoms. The lowest BCUT2D eigenvalue weighted by molar-refractivity contribution is -0.0900. The van der Waals surface area contributed by atoms with Gasteiger partial charge in [-0.2, -0.15) is 5.10 Å². The normalized spacial score (nSPS) is 21.5. The topological polar surface area (TPSA) is 67.6 Å². The van der Waals surface area contributed by atoms with Crippen molar-refractivity contribution in [3.8, 4) is 17.0 Å². The van der Waals surface area contributed by atoms with Gasteiger partial charge in [0.1, 0.15) is 23.3 Å². The van der Waals surface area contributed by atoms with Gasteiger partial charge in [-0.1, -0.05) is 18.2 Å². The molecule has 30 heavy (non-hydrogen) atoms. The van der Waals surface area contributed by atoms with Gasteiger partial charge in [0, 0.05) is 20.0 Å². The molecule has 2 atom stereocenters. The second-order valence-corrected chi connectivity index (χ2v) is 7.84. The number of aryl methyl sites for hydroxylation is 1. The third kappa shape index (κ3) is 4.07. The molecule has 0 saturated carbocycles. The monoisotopic (exact) mass is 409 g/mol. The van der Waals surface area contributed by atoms with E-state index in [9.17, 15) is 14.3 Å². The van der Waals surface area contributed by atoms with E-state index in [2.05, 4.69) is 5.10 Å². The number of rotatable bonds is 4. The van der Waals surface area contributed by atoms with Crippen molar-refractivity contribution < 1.29 is 19.0 Å². The van der Waals surface area contributed by atoms with Gasteiger partial charge in [0.15, 0.2) is 5.69 Å². The summed E-state index contributed by atoms with van der Waals surface area (Å²) in [7, 11) is 1.74. The lowest BCUT2D eigenvalue weighted by atomic mass is 9.91. The molecule has 1 amide bonds. The second kappa shape index (κ2) is 7.91. The molecule has 156 valence electrons. The first kappa shape index (κ1) is 20.1. The zero-order valence-corrected chi connectivity index (χ0v) is 17.0. The first-order valence-corrected chi connectivity index (χ1v) is 9.87. The minimum atomic E-state index is -1.20. The van der Waals surface area contributed by atoms with E-state index in [4.69, 9.17) is 4.74 Å². The number of benzene rings is 2. The van der Waals surface area contributed by atoms with Gasteiger partial charge >= 0.3 is 0 Å². The minimum Gasteiger partial charge on any atom is -0.487 e. The summed E-state index contributed by atoms with van der Waals surface area (Å²) in [4.78, 5) is 14.6. The Balaban J connectivity index is 1.48. The number of carbonyl (C=O) groups excluding carboxylic acids is 1. The number of para-hydroxylation sites is 1. The molecule has 1 aliphatic heterocycles. The first-order valence-electron chi connectivity index (χ1n) is 9.87. The Morgan fingerprint density at radius 1 is 1.20 bits per heavy atom. The van der Waals surface area contributed by atoms with Crippen molar-refractivity contribution in [1.82, 2.24) is 14.7 Å². The van der Waals surface area contributed by atoms with Crippen molar-refractivity contribution in [2.45, 2.75) is 25.0 Å². The van der Waals surface area contributed by atoms with Crippen LogP contribution in [0, 0.1) is 5.82 Å². The molecule has 1 saturated heterocycles. The van der Waals surface area contributed by atoms with Gasteiger partial charge in [0.05, 0.1) is 12.2 Å². The SMILES string of the molecule is Cn1nc(C(=O)N2CC[C@H](Oc3ccccc3)[C@@](C)(O)C2)cc1-c1ccc(F)cc1. The van der Waals surface area contributed by atoms with Crippen molar-refractivity contribution in [3.05, 3.63) is 72.2 Å². The maximum Gasteiger partial charge on any atom is 0.274 e. The Hall–Kier alpha value is -3.19. The van der Waals surface area contributed by atoms with E-state index < -0.39 is 11.7 Å². The zero-order chi connectivity index (χ0) is 21.3. The molecule has 1 N–H and O–H groups in total. The van der Waals surface area contributed by atoms with Gasteiger partial charge in [-0.05, 0) is 55.0 Å². The molecule has 2 heterocycles. The third-order valence-electron chi connectivity index (χ3n) is 5.41. The second-order valence-electron chi connectivity index (χ2n) is 7.84. The number of amides is 1. The quantitative estimate of drug-likeness (QED) is 0.718. The summed E-state index contributed by atoms with van der Waals surface area (Å²) < 4.78 is 20.8. The van der Waals surface area contributed by atoms with Gasteiger partial charge in [0.2, 0.25) is 0 Å². The highest BCUT2D eigenvalue weighted by Crippen LogP contribution is 2.28. The van der Waals surface area contributed by atoms with Crippen LogP contribution in [0.3, 0.4) is 0 Å². The number of hydrogen-bond acceptors (Lipinski definition) is 4. The van der Waals surface area contributed by atoms with E-state index in [1.165, 1.54) is 12.1 Å². The van der Waals surface area contributed by atoms with E-state index in [0.29, 0.717) is 24.4 Å². The summed E-state index contributed by atoms with van der Waals surface area (Å²) in [5.74, 6) is 0.119. The number of aliphatic hydroxyl groups is 1. The van der Waals surface area contributed by atoms with Crippen LogP contribution in [-0.2, 0) is 7.05 Å². The summed E-state index contributed by atoms with van der Waals surface area (Å²) in [6.07, 6.45) is 0.0909. The maximum absolute atomic E-state index is 13.2. The molecule has 2 aromatic carbocycles. The summed E-state index contributed by atoms with van der Waals surface area (Å²) in [6, 6.07) is 17.1. The van der Waals surface area contributed by atoms with Crippen LogP contribution in [0.4, 0.5) is 4.39 Å². The Morgan fingerprint density at radius 2 is 1.90 bits per heavy atom. The predicted molar refractivity (Wildman–Crippen MR) is 111 cm³/mol. The molecule has 0 spiro atoms. The van der Waals surface area contributed by atoms with Crippen LogP contribution in [0.15, 0.2) is 60.7 Å². The average molecular weight is 409 g/mol. The van der Waals surface area contributed by atoms with Crippen molar-refractivity contribution in [2.75, 3.05) is 13.1 Å². The first-order chi connectivity index (χ1) is 14.3. The lowest BCUT2D eigenvalue weighted by Crippen LogP contribution is -2.58. The minimum absolute atomic E-state index is 0.145. The molecule has 0 radical (unpaired) electrons. The van der Waals surface area contributed by atoms with E-state index >= 15 is 0 Å². The highest BCUT2D eigenvalue weighted by molar-refractivity contribution is 5.93. The smallest absolute Gasteiger partial charge is 0.274 e. The Kier molecular flexibility index (Phi) is 5.30. The number of ether oxygens (including phenoxy) is 1. The van der Waals surface area contributed by atoms with Crippen molar-refractivity contribution in [2.24, 2.45) is 7.05 Å². The van der Waals surface area contributed by atoms with E-state index in [0.717, 1.165) is 5.56 Å². The van der Waals surface area contributed by atoms with E-state index in [1.54, 1.807) is 41.8 Å². The molecular weight excluding hydrogens is 385 g/mol. The molecule has 1 aliphatic rings. The number of likely N-dealkylation sites (tertiary alicyclic amines) is 1. The van der Waals surface area contributed by atoms with Crippen molar-refractivity contribution in [3.63, 3.8) is 0 Å². The highest BCUT2D eigenvalue weighted by Gasteiger charge is 2.41. The molecule has 0 aliphatic carbocycles.